The Kier molecular flexibility index (Phi) is 5.70. The average Bonchev–Trinajstić information content (AvgIpc) is 2.59. The smallest absolute Gasteiger partial charge is 0.127 e. The highest BCUT2D eigenvalue weighted by molar-refractivity contribution is 5.44. The SMILES string of the molecule is CCc1cccc2c1OCCC2NCCCN1CCOCC1. The van der Waals surface area contributed by atoms with Crippen molar-refractivity contribution >= 4 is 0 Å². The molecule has 1 N–H and O–H groups in total. The molecule has 0 aliphatic carbocycles. The molecule has 0 bridgehead atoms. The zero-order valence-corrected chi connectivity index (χ0v) is 13.6. The van der Waals surface area contributed by atoms with Crippen LogP contribution in [0, 0.1) is 0 Å². The van der Waals surface area contributed by atoms with Crippen LogP contribution in [0.3, 0.4) is 0 Å². The third kappa shape index (κ3) is 3.80. The van der Waals surface area contributed by atoms with Crippen LogP contribution in [0.15, 0.2) is 18.2 Å². The lowest BCUT2D eigenvalue weighted by molar-refractivity contribution is 0.0373. The van der Waals surface area contributed by atoms with Gasteiger partial charge < -0.3 is 14.8 Å². The summed E-state index contributed by atoms with van der Waals surface area (Å²) in [7, 11) is 0. The highest BCUT2D eigenvalue weighted by atomic mass is 16.5. The van der Waals surface area contributed by atoms with E-state index in [2.05, 4.69) is 35.3 Å². The van der Waals surface area contributed by atoms with Crippen molar-refractivity contribution in [2.24, 2.45) is 0 Å². The maximum absolute atomic E-state index is 5.92. The molecule has 1 unspecified atom stereocenters. The summed E-state index contributed by atoms with van der Waals surface area (Å²) in [6, 6.07) is 7.00. The quantitative estimate of drug-likeness (QED) is 0.818. The number of aryl methyl sites for hydroxylation is 1. The molecule has 1 fully saturated rings. The fourth-order valence-corrected chi connectivity index (χ4v) is 3.38. The normalized spacial score (nSPS) is 22.1. The van der Waals surface area contributed by atoms with Gasteiger partial charge >= 0.3 is 0 Å². The van der Waals surface area contributed by atoms with Gasteiger partial charge in [-0.25, -0.2) is 0 Å². The second-order valence-corrected chi connectivity index (χ2v) is 6.14. The Morgan fingerprint density at radius 2 is 2.09 bits per heavy atom. The molecule has 1 atom stereocenters. The molecular weight excluding hydrogens is 276 g/mol. The molecule has 2 aliphatic heterocycles. The Bertz CT molecular complexity index is 472. The molecule has 1 saturated heterocycles. The number of hydrogen-bond donors (Lipinski definition) is 1. The van der Waals surface area contributed by atoms with E-state index in [-0.39, 0.29) is 0 Å². The Labute approximate surface area is 133 Å². The van der Waals surface area contributed by atoms with Crippen molar-refractivity contribution in [3.8, 4) is 5.75 Å². The van der Waals surface area contributed by atoms with E-state index in [0.717, 1.165) is 58.0 Å². The first-order valence-electron chi connectivity index (χ1n) is 8.66. The van der Waals surface area contributed by atoms with Gasteiger partial charge in [0.2, 0.25) is 0 Å². The van der Waals surface area contributed by atoms with Crippen molar-refractivity contribution in [1.82, 2.24) is 10.2 Å². The Hall–Kier alpha value is -1.10. The highest BCUT2D eigenvalue weighted by Gasteiger charge is 2.22. The standard InChI is InChI=1S/C18H28N2O2/c1-2-15-5-3-6-16-17(7-12-22-18(15)16)19-8-4-9-20-10-13-21-14-11-20/h3,5-6,17,19H,2,4,7-14H2,1H3. The molecule has 122 valence electrons. The summed E-state index contributed by atoms with van der Waals surface area (Å²) >= 11 is 0. The van der Waals surface area contributed by atoms with E-state index in [9.17, 15) is 0 Å². The number of morpholine rings is 1. The van der Waals surface area contributed by atoms with Crippen molar-refractivity contribution in [2.45, 2.75) is 32.2 Å². The fraction of sp³-hybridized carbons (Fsp3) is 0.667. The van der Waals surface area contributed by atoms with Gasteiger partial charge in [-0.05, 0) is 31.5 Å². The van der Waals surface area contributed by atoms with E-state index in [1.54, 1.807) is 0 Å². The van der Waals surface area contributed by atoms with Crippen molar-refractivity contribution in [3.63, 3.8) is 0 Å². The van der Waals surface area contributed by atoms with Crippen LogP contribution in [0.4, 0.5) is 0 Å². The van der Waals surface area contributed by atoms with Crippen LogP contribution < -0.4 is 10.1 Å². The number of nitrogens with zero attached hydrogens (tertiary/aromatic N) is 1. The number of para-hydroxylation sites is 1. The summed E-state index contributed by atoms with van der Waals surface area (Å²) in [5.41, 5.74) is 2.68. The van der Waals surface area contributed by atoms with Crippen LogP contribution in [-0.2, 0) is 11.2 Å². The Morgan fingerprint density at radius 1 is 1.23 bits per heavy atom. The lowest BCUT2D eigenvalue weighted by Gasteiger charge is -2.29. The molecule has 0 saturated carbocycles. The average molecular weight is 304 g/mol. The second kappa shape index (κ2) is 7.95. The van der Waals surface area contributed by atoms with E-state index in [1.807, 2.05) is 0 Å². The zero-order valence-electron chi connectivity index (χ0n) is 13.6. The molecular formula is C18H28N2O2. The Morgan fingerprint density at radius 3 is 2.91 bits per heavy atom. The molecule has 2 heterocycles. The third-order valence-electron chi connectivity index (χ3n) is 4.68. The Balaban J connectivity index is 1.49. The summed E-state index contributed by atoms with van der Waals surface area (Å²) in [4.78, 5) is 2.50. The van der Waals surface area contributed by atoms with Gasteiger partial charge in [0.15, 0.2) is 0 Å². The van der Waals surface area contributed by atoms with Crippen LogP contribution in [0.1, 0.15) is 36.9 Å². The van der Waals surface area contributed by atoms with Gasteiger partial charge in [-0.3, -0.25) is 4.90 Å². The van der Waals surface area contributed by atoms with Crippen LogP contribution in [-0.4, -0.2) is 50.9 Å². The van der Waals surface area contributed by atoms with Crippen molar-refractivity contribution in [1.29, 1.82) is 0 Å². The molecule has 4 nitrogen and oxygen atoms in total. The van der Waals surface area contributed by atoms with Crippen LogP contribution in [0.2, 0.25) is 0 Å². The van der Waals surface area contributed by atoms with Gasteiger partial charge in [-0.15, -0.1) is 0 Å². The summed E-state index contributed by atoms with van der Waals surface area (Å²) in [6.45, 7) is 9.20. The van der Waals surface area contributed by atoms with Crippen LogP contribution in [0.25, 0.3) is 0 Å². The minimum absolute atomic E-state index is 0.444. The molecule has 4 heteroatoms. The number of ether oxygens (including phenoxy) is 2. The minimum Gasteiger partial charge on any atom is -0.493 e. The number of nitrogens with one attached hydrogen (secondary N) is 1. The number of fused-ring (bicyclic) bond motifs is 1. The van der Waals surface area contributed by atoms with Gasteiger partial charge in [0, 0.05) is 31.1 Å². The van der Waals surface area contributed by atoms with Crippen molar-refractivity contribution < 1.29 is 9.47 Å². The van der Waals surface area contributed by atoms with Gasteiger partial charge in [0.1, 0.15) is 5.75 Å². The van der Waals surface area contributed by atoms with E-state index in [0.29, 0.717) is 6.04 Å². The lowest BCUT2D eigenvalue weighted by Crippen LogP contribution is -2.38. The lowest BCUT2D eigenvalue weighted by atomic mass is 9.96. The monoisotopic (exact) mass is 304 g/mol. The van der Waals surface area contributed by atoms with E-state index in [4.69, 9.17) is 9.47 Å². The topological polar surface area (TPSA) is 33.7 Å². The predicted octanol–water partition coefficient (Wildman–Crippen LogP) is 2.38. The summed E-state index contributed by atoms with van der Waals surface area (Å²) in [5, 5.41) is 3.73. The molecule has 1 aromatic carbocycles. The second-order valence-electron chi connectivity index (χ2n) is 6.14. The molecule has 0 amide bonds. The first-order valence-corrected chi connectivity index (χ1v) is 8.66. The number of hydrogen-bond acceptors (Lipinski definition) is 4. The minimum atomic E-state index is 0.444. The maximum atomic E-state index is 5.92. The van der Waals surface area contributed by atoms with Crippen molar-refractivity contribution in [3.05, 3.63) is 29.3 Å². The van der Waals surface area contributed by atoms with Gasteiger partial charge in [0.05, 0.1) is 19.8 Å². The molecule has 3 rings (SSSR count). The van der Waals surface area contributed by atoms with Crippen LogP contribution >= 0.6 is 0 Å². The summed E-state index contributed by atoms with van der Waals surface area (Å²) in [6.07, 6.45) is 3.30. The molecule has 0 spiro atoms. The maximum Gasteiger partial charge on any atom is 0.127 e. The fourth-order valence-electron chi connectivity index (χ4n) is 3.38. The van der Waals surface area contributed by atoms with Gasteiger partial charge in [-0.2, -0.15) is 0 Å². The largest absolute Gasteiger partial charge is 0.493 e. The predicted molar refractivity (Wildman–Crippen MR) is 88.6 cm³/mol. The van der Waals surface area contributed by atoms with Crippen molar-refractivity contribution in [2.75, 3.05) is 46.0 Å². The first-order chi connectivity index (χ1) is 10.9. The van der Waals surface area contributed by atoms with Crippen LogP contribution in [0.5, 0.6) is 5.75 Å². The number of benzene rings is 1. The molecule has 2 aliphatic rings. The molecule has 0 aromatic heterocycles. The van der Waals surface area contributed by atoms with E-state index < -0.39 is 0 Å². The van der Waals surface area contributed by atoms with E-state index >= 15 is 0 Å². The van der Waals surface area contributed by atoms with Gasteiger partial charge in [-0.1, -0.05) is 25.1 Å². The highest BCUT2D eigenvalue weighted by Crippen LogP contribution is 2.35. The zero-order chi connectivity index (χ0) is 15.2. The number of rotatable bonds is 6. The molecule has 22 heavy (non-hydrogen) atoms. The molecule has 1 aromatic rings. The molecule has 0 radical (unpaired) electrons. The third-order valence-corrected chi connectivity index (χ3v) is 4.68. The first kappa shape index (κ1) is 15.8. The van der Waals surface area contributed by atoms with Gasteiger partial charge in [0.25, 0.3) is 0 Å². The summed E-state index contributed by atoms with van der Waals surface area (Å²) < 4.78 is 11.3. The summed E-state index contributed by atoms with van der Waals surface area (Å²) in [5.74, 6) is 1.13. The van der Waals surface area contributed by atoms with E-state index in [1.165, 1.54) is 24.1 Å².